The van der Waals surface area contributed by atoms with Crippen LogP contribution in [0.5, 0.6) is 0 Å². The van der Waals surface area contributed by atoms with E-state index in [1.165, 1.54) is 19.3 Å². The van der Waals surface area contributed by atoms with Crippen LogP contribution >= 0.6 is 0 Å². The van der Waals surface area contributed by atoms with Gasteiger partial charge < -0.3 is 0 Å². The van der Waals surface area contributed by atoms with Gasteiger partial charge in [0.15, 0.2) is 0 Å². The molecule has 0 unspecified atom stereocenters. The Bertz CT molecular complexity index is 246. The molecule has 0 N–H and O–H groups in total. The van der Waals surface area contributed by atoms with Crippen LogP contribution in [-0.4, -0.2) is 5.78 Å². The van der Waals surface area contributed by atoms with Crippen LogP contribution in [0.2, 0.25) is 0 Å². The molecule has 0 amide bonds. The fraction of sp³-hybridized carbons (Fsp3) is 0.923. The molecule has 0 aromatic carbocycles. The Labute approximate surface area is 87.3 Å². The van der Waals surface area contributed by atoms with Crippen molar-refractivity contribution in [1.29, 1.82) is 0 Å². The summed E-state index contributed by atoms with van der Waals surface area (Å²) in [5, 5.41) is 0. The van der Waals surface area contributed by atoms with E-state index in [9.17, 15) is 4.79 Å². The van der Waals surface area contributed by atoms with E-state index in [4.69, 9.17) is 0 Å². The first-order chi connectivity index (χ1) is 6.55. The van der Waals surface area contributed by atoms with E-state index in [0.717, 1.165) is 18.8 Å². The predicted octanol–water partition coefficient (Wildman–Crippen LogP) is 3.43. The molecule has 14 heavy (non-hydrogen) atoms. The summed E-state index contributed by atoms with van der Waals surface area (Å²) >= 11 is 0. The predicted molar refractivity (Wildman–Crippen MR) is 58.0 cm³/mol. The smallest absolute Gasteiger partial charge is 0.141 e. The summed E-state index contributed by atoms with van der Waals surface area (Å²) in [6.07, 6.45) is 6.15. The Morgan fingerprint density at radius 1 is 1.21 bits per heavy atom. The van der Waals surface area contributed by atoms with Crippen molar-refractivity contribution >= 4 is 5.78 Å². The van der Waals surface area contributed by atoms with Crippen LogP contribution in [0.25, 0.3) is 0 Å². The highest BCUT2D eigenvalue weighted by atomic mass is 16.1. The molecule has 2 saturated carbocycles. The molecule has 0 aromatic heterocycles. The summed E-state index contributed by atoms with van der Waals surface area (Å²) < 4.78 is 0. The first-order valence-electron chi connectivity index (χ1n) is 6.10. The van der Waals surface area contributed by atoms with Crippen LogP contribution < -0.4 is 0 Å². The fourth-order valence-corrected chi connectivity index (χ4v) is 3.84. The summed E-state index contributed by atoms with van der Waals surface area (Å²) in [5.74, 6) is 2.33. The summed E-state index contributed by atoms with van der Waals surface area (Å²) in [6.45, 7) is 6.68. The van der Waals surface area contributed by atoms with Gasteiger partial charge >= 0.3 is 0 Å². The highest BCUT2D eigenvalue weighted by Crippen LogP contribution is 2.51. The Balaban J connectivity index is 2.27. The molecule has 80 valence electrons. The molecule has 2 fully saturated rings. The van der Waals surface area contributed by atoms with Crippen molar-refractivity contribution in [3.63, 3.8) is 0 Å². The van der Waals surface area contributed by atoms with Crippen LogP contribution in [0.1, 0.15) is 52.9 Å². The number of fused-ring (bicyclic) bond motifs is 1. The van der Waals surface area contributed by atoms with Crippen LogP contribution in [0, 0.1) is 23.2 Å². The number of ketones is 1. The third kappa shape index (κ3) is 1.32. The van der Waals surface area contributed by atoms with Gasteiger partial charge in [0, 0.05) is 11.3 Å². The average Bonchev–Trinajstić information content (AvgIpc) is 2.14. The monoisotopic (exact) mass is 194 g/mol. The molecule has 1 heteroatoms. The maximum absolute atomic E-state index is 12.2. The van der Waals surface area contributed by atoms with Crippen molar-refractivity contribution in [2.45, 2.75) is 52.9 Å². The number of hydrogen-bond acceptors (Lipinski definition) is 1. The van der Waals surface area contributed by atoms with Crippen LogP contribution in [-0.2, 0) is 4.79 Å². The topological polar surface area (TPSA) is 17.1 Å². The molecular formula is C13H22O. The minimum absolute atomic E-state index is 0.0370. The van der Waals surface area contributed by atoms with Gasteiger partial charge in [-0.1, -0.05) is 33.6 Å². The van der Waals surface area contributed by atoms with Gasteiger partial charge in [0.05, 0.1) is 0 Å². The highest BCUT2D eigenvalue weighted by molar-refractivity contribution is 5.87. The Morgan fingerprint density at radius 3 is 2.64 bits per heavy atom. The summed E-state index contributed by atoms with van der Waals surface area (Å²) in [7, 11) is 0. The lowest BCUT2D eigenvalue weighted by Gasteiger charge is -2.48. The lowest BCUT2D eigenvalue weighted by atomic mass is 9.54. The van der Waals surface area contributed by atoms with Gasteiger partial charge in [-0.25, -0.2) is 0 Å². The Hall–Kier alpha value is -0.330. The molecule has 0 saturated heterocycles. The van der Waals surface area contributed by atoms with Gasteiger partial charge in [0.2, 0.25) is 0 Å². The van der Waals surface area contributed by atoms with E-state index in [1.807, 2.05) is 0 Å². The second-order valence-electron chi connectivity index (χ2n) is 5.74. The normalized spacial score (nSPS) is 48.8. The van der Waals surface area contributed by atoms with Crippen molar-refractivity contribution in [2.75, 3.05) is 0 Å². The first kappa shape index (κ1) is 10.2. The molecule has 0 heterocycles. The fourth-order valence-electron chi connectivity index (χ4n) is 3.84. The lowest BCUT2D eigenvalue weighted by molar-refractivity contribution is -0.143. The summed E-state index contributed by atoms with van der Waals surface area (Å²) in [4.78, 5) is 12.2. The highest BCUT2D eigenvalue weighted by Gasteiger charge is 2.49. The summed E-state index contributed by atoms with van der Waals surface area (Å²) in [6, 6.07) is 0. The van der Waals surface area contributed by atoms with E-state index in [-0.39, 0.29) is 5.41 Å². The number of rotatable bonds is 0. The quantitative estimate of drug-likeness (QED) is 0.577. The SMILES string of the molecule is C[C@@H]1CC[C@H]2[C@@H](C)CCC[C@]2(C)C1=O. The zero-order valence-electron chi connectivity index (χ0n) is 9.68. The van der Waals surface area contributed by atoms with Crippen LogP contribution in [0.15, 0.2) is 0 Å². The number of carbonyl (C=O) groups excluding carboxylic acids is 1. The average molecular weight is 194 g/mol. The molecule has 0 spiro atoms. The zero-order valence-corrected chi connectivity index (χ0v) is 9.68. The first-order valence-corrected chi connectivity index (χ1v) is 6.10. The van der Waals surface area contributed by atoms with Crippen molar-refractivity contribution in [3.05, 3.63) is 0 Å². The van der Waals surface area contributed by atoms with E-state index in [0.29, 0.717) is 17.6 Å². The van der Waals surface area contributed by atoms with Gasteiger partial charge in [-0.3, -0.25) is 4.79 Å². The molecular weight excluding hydrogens is 172 g/mol. The lowest BCUT2D eigenvalue weighted by Crippen LogP contribution is -2.48. The Morgan fingerprint density at radius 2 is 1.93 bits per heavy atom. The van der Waals surface area contributed by atoms with Gasteiger partial charge in [0.1, 0.15) is 5.78 Å². The molecule has 1 nitrogen and oxygen atoms in total. The van der Waals surface area contributed by atoms with Crippen molar-refractivity contribution in [2.24, 2.45) is 23.2 Å². The van der Waals surface area contributed by atoms with Crippen molar-refractivity contribution in [3.8, 4) is 0 Å². The van der Waals surface area contributed by atoms with E-state index in [1.54, 1.807) is 0 Å². The van der Waals surface area contributed by atoms with Crippen LogP contribution in [0.3, 0.4) is 0 Å². The maximum atomic E-state index is 12.2. The third-order valence-corrected chi connectivity index (χ3v) is 4.78. The molecule has 2 aliphatic rings. The molecule has 0 bridgehead atoms. The molecule has 0 radical (unpaired) electrons. The second kappa shape index (κ2) is 3.36. The van der Waals surface area contributed by atoms with Crippen molar-refractivity contribution < 1.29 is 4.79 Å². The van der Waals surface area contributed by atoms with E-state index in [2.05, 4.69) is 20.8 Å². The molecule has 2 rings (SSSR count). The Kier molecular flexibility index (Phi) is 2.45. The van der Waals surface area contributed by atoms with Gasteiger partial charge in [-0.2, -0.15) is 0 Å². The minimum atomic E-state index is 0.0370. The minimum Gasteiger partial charge on any atom is -0.299 e. The summed E-state index contributed by atoms with van der Waals surface area (Å²) in [5.41, 5.74) is 0.0370. The number of Topliss-reactive ketones (excluding diaryl/α,β-unsaturated/α-hetero) is 1. The largest absolute Gasteiger partial charge is 0.299 e. The molecule has 4 atom stereocenters. The third-order valence-electron chi connectivity index (χ3n) is 4.78. The van der Waals surface area contributed by atoms with Gasteiger partial charge in [0.25, 0.3) is 0 Å². The van der Waals surface area contributed by atoms with E-state index < -0.39 is 0 Å². The second-order valence-corrected chi connectivity index (χ2v) is 5.74. The molecule has 0 aromatic rings. The van der Waals surface area contributed by atoms with Crippen molar-refractivity contribution in [1.82, 2.24) is 0 Å². The zero-order chi connectivity index (χ0) is 10.3. The standard InChI is InChI=1S/C13H22O/c1-9-5-4-8-13(3)11(9)7-6-10(2)12(13)14/h9-11H,4-8H2,1-3H3/t9-,10+,11-,13-/m0/s1. The van der Waals surface area contributed by atoms with Gasteiger partial charge in [-0.15, -0.1) is 0 Å². The number of carbonyl (C=O) groups is 1. The van der Waals surface area contributed by atoms with E-state index >= 15 is 0 Å². The maximum Gasteiger partial charge on any atom is 0.141 e. The number of hydrogen-bond donors (Lipinski definition) is 0. The molecule has 2 aliphatic carbocycles. The van der Waals surface area contributed by atoms with Crippen LogP contribution in [0.4, 0.5) is 0 Å². The van der Waals surface area contributed by atoms with Gasteiger partial charge in [-0.05, 0) is 31.1 Å². The molecule has 0 aliphatic heterocycles.